The van der Waals surface area contributed by atoms with Gasteiger partial charge in [-0.3, -0.25) is 4.79 Å². The lowest BCUT2D eigenvalue weighted by molar-refractivity contribution is -0.123. The van der Waals surface area contributed by atoms with Gasteiger partial charge in [0.2, 0.25) is 5.88 Å². The van der Waals surface area contributed by atoms with E-state index in [2.05, 4.69) is 30.4 Å². The van der Waals surface area contributed by atoms with E-state index in [-0.39, 0.29) is 11.8 Å². The van der Waals surface area contributed by atoms with Crippen LogP contribution in [0.2, 0.25) is 5.02 Å². The van der Waals surface area contributed by atoms with E-state index in [4.69, 9.17) is 21.1 Å². The Labute approximate surface area is 188 Å². The van der Waals surface area contributed by atoms with Crippen LogP contribution in [0.25, 0.3) is 16.9 Å². The van der Waals surface area contributed by atoms with Gasteiger partial charge in [-0.25, -0.2) is 19.9 Å². The Morgan fingerprint density at radius 2 is 2.06 bits per heavy atom. The van der Waals surface area contributed by atoms with Crippen LogP contribution in [0.5, 0.6) is 5.88 Å². The average Bonchev–Trinajstić information content (AvgIpc) is 3.23. The van der Waals surface area contributed by atoms with Gasteiger partial charge >= 0.3 is 0 Å². The number of carbonyl (C=O) groups is 1. The summed E-state index contributed by atoms with van der Waals surface area (Å²) in [6.45, 7) is 2.23. The Kier molecular flexibility index (Phi) is 6.52. The number of hydrogen-bond donors (Lipinski definition) is 1. The number of aryl methyl sites for hydroxylation is 1. The molecule has 0 aliphatic rings. The molecule has 11 heteroatoms. The van der Waals surface area contributed by atoms with Crippen LogP contribution in [-0.4, -0.2) is 55.4 Å². The molecule has 0 aromatic carbocycles. The van der Waals surface area contributed by atoms with Gasteiger partial charge in [0.15, 0.2) is 17.6 Å². The summed E-state index contributed by atoms with van der Waals surface area (Å²) in [7, 11) is 1.56. The molecule has 0 saturated carbocycles. The first-order chi connectivity index (χ1) is 15.6. The molecule has 0 aliphatic heterocycles. The number of amides is 1. The number of carbonyl (C=O) groups excluding carboxylic acids is 1. The normalized spacial score (nSPS) is 12.0. The lowest BCUT2D eigenvalue weighted by atomic mass is 10.2. The molecule has 164 valence electrons. The third-order valence-electron chi connectivity index (χ3n) is 4.56. The van der Waals surface area contributed by atoms with E-state index in [1.54, 1.807) is 43.9 Å². The molecule has 1 amide bonds. The summed E-state index contributed by atoms with van der Waals surface area (Å²) in [5, 5.41) is 8.02. The highest BCUT2D eigenvalue weighted by Gasteiger charge is 2.24. The fraction of sp³-hybridized carbons (Fsp3) is 0.238. The second-order valence-electron chi connectivity index (χ2n) is 6.88. The van der Waals surface area contributed by atoms with Crippen molar-refractivity contribution in [1.29, 1.82) is 0 Å². The fourth-order valence-corrected chi connectivity index (χ4v) is 3.16. The van der Waals surface area contributed by atoms with Gasteiger partial charge < -0.3 is 14.8 Å². The Bertz CT molecular complexity index is 1230. The van der Waals surface area contributed by atoms with Crippen molar-refractivity contribution in [3.8, 4) is 11.7 Å². The van der Waals surface area contributed by atoms with E-state index in [0.717, 1.165) is 5.56 Å². The third kappa shape index (κ3) is 4.66. The van der Waals surface area contributed by atoms with Gasteiger partial charge in [0.25, 0.3) is 5.91 Å². The zero-order valence-corrected chi connectivity index (χ0v) is 18.2. The van der Waals surface area contributed by atoms with E-state index in [9.17, 15) is 4.79 Å². The van der Waals surface area contributed by atoms with Gasteiger partial charge in [0, 0.05) is 25.9 Å². The summed E-state index contributed by atoms with van der Waals surface area (Å²) < 4.78 is 12.6. The molecule has 0 radical (unpaired) electrons. The number of hydrogen-bond acceptors (Lipinski definition) is 8. The standard InChI is InChI=1S/C21H20ClN7O3/c1-13-5-6-17(24-10-13)28-20(30)16(7-9-31-2)32-21-14-11-27-29(18(14)25-12-26-21)19-15(22)4-3-8-23-19/h3-6,8,10-12,16H,7,9H2,1-2H3,(H,24,28,30)/t16-/m0/s1. The molecule has 0 aliphatic carbocycles. The van der Waals surface area contributed by atoms with Crippen LogP contribution in [0.1, 0.15) is 12.0 Å². The molecule has 0 bridgehead atoms. The van der Waals surface area contributed by atoms with Crippen molar-refractivity contribution in [2.24, 2.45) is 0 Å². The molecule has 32 heavy (non-hydrogen) atoms. The maximum atomic E-state index is 12.9. The van der Waals surface area contributed by atoms with Crippen LogP contribution in [0, 0.1) is 6.92 Å². The summed E-state index contributed by atoms with van der Waals surface area (Å²) in [6, 6.07) is 7.02. The van der Waals surface area contributed by atoms with Gasteiger partial charge in [0.1, 0.15) is 17.5 Å². The van der Waals surface area contributed by atoms with Crippen molar-refractivity contribution in [3.05, 3.63) is 59.8 Å². The number of aromatic nitrogens is 6. The molecule has 0 saturated heterocycles. The summed E-state index contributed by atoms with van der Waals surface area (Å²) in [5.41, 5.74) is 1.44. The van der Waals surface area contributed by atoms with E-state index < -0.39 is 6.10 Å². The number of fused-ring (bicyclic) bond motifs is 1. The summed E-state index contributed by atoms with van der Waals surface area (Å²) in [6.07, 6.45) is 5.59. The van der Waals surface area contributed by atoms with Crippen molar-refractivity contribution in [2.45, 2.75) is 19.4 Å². The first-order valence-corrected chi connectivity index (χ1v) is 10.1. The van der Waals surface area contributed by atoms with Gasteiger partial charge in [-0.2, -0.15) is 9.78 Å². The minimum atomic E-state index is -0.877. The Balaban J connectivity index is 1.62. The molecule has 1 N–H and O–H groups in total. The number of pyridine rings is 2. The Morgan fingerprint density at radius 3 is 2.81 bits per heavy atom. The number of nitrogens with one attached hydrogen (secondary N) is 1. The van der Waals surface area contributed by atoms with E-state index in [1.807, 2.05) is 13.0 Å². The van der Waals surface area contributed by atoms with Crippen LogP contribution >= 0.6 is 11.6 Å². The molecule has 0 unspecified atom stereocenters. The maximum Gasteiger partial charge on any atom is 0.266 e. The highest BCUT2D eigenvalue weighted by atomic mass is 35.5. The highest BCUT2D eigenvalue weighted by Crippen LogP contribution is 2.26. The molecule has 1 atom stereocenters. The molecule has 0 fully saturated rings. The molecule has 0 spiro atoms. The van der Waals surface area contributed by atoms with Gasteiger partial charge in [-0.15, -0.1) is 0 Å². The van der Waals surface area contributed by atoms with E-state index in [0.29, 0.717) is 40.7 Å². The number of ether oxygens (including phenoxy) is 2. The molecule has 4 aromatic heterocycles. The van der Waals surface area contributed by atoms with Gasteiger partial charge in [-0.1, -0.05) is 17.7 Å². The quantitative estimate of drug-likeness (QED) is 0.432. The predicted molar refractivity (Wildman–Crippen MR) is 118 cm³/mol. The second-order valence-corrected chi connectivity index (χ2v) is 7.29. The smallest absolute Gasteiger partial charge is 0.266 e. The SMILES string of the molecule is COCC[C@H](Oc1ncnc2c1cnn2-c1ncccc1Cl)C(=O)Nc1ccc(C)cn1. The number of rotatable bonds is 8. The minimum absolute atomic E-state index is 0.210. The Hall–Kier alpha value is -3.63. The van der Waals surface area contributed by atoms with Crippen LogP contribution < -0.4 is 10.1 Å². The highest BCUT2D eigenvalue weighted by molar-refractivity contribution is 6.32. The number of halogens is 1. The molecule has 4 heterocycles. The van der Waals surface area contributed by atoms with Crippen LogP contribution in [0.3, 0.4) is 0 Å². The zero-order chi connectivity index (χ0) is 22.5. The van der Waals surface area contributed by atoms with Crippen molar-refractivity contribution in [2.75, 3.05) is 19.0 Å². The zero-order valence-electron chi connectivity index (χ0n) is 17.4. The average molecular weight is 454 g/mol. The van der Waals surface area contributed by atoms with Crippen LogP contribution in [0.4, 0.5) is 5.82 Å². The van der Waals surface area contributed by atoms with Gasteiger partial charge in [-0.05, 0) is 30.7 Å². The lowest BCUT2D eigenvalue weighted by Crippen LogP contribution is -2.34. The molecule has 4 aromatic rings. The first kappa shape index (κ1) is 21.6. The monoisotopic (exact) mass is 453 g/mol. The molecular weight excluding hydrogens is 434 g/mol. The largest absolute Gasteiger partial charge is 0.464 e. The molecular formula is C21H20ClN7O3. The number of anilines is 1. The first-order valence-electron chi connectivity index (χ1n) is 9.75. The summed E-state index contributed by atoms with van der Waals surface area (Å²) >= 11 is 6.25. The Morgan fingerprint density at radius 1 is 1.19 bits per heavy atom. The summed E-state index contributed by atoms with van der Waals surface area (Å²) in [5.74, 6) is 0.691. The number of methoxy groups -OCH3 is 1. The van der Waals surface area contributed by atoms with E-state index >= 15 is 0 Å². The minimum Gasteiger partial charge on any atom is -0.464 e. The second kappa shape index (κ2) is 9.67. The van der Waals surface area contributed by atoms with Gasteiger partial charge in [0.05, 0.1) is 17.8 Å². The van der Waals surface area contributed by atoms with Crippen LogP contribution in [-0.2, 0) is 9.53 Å². The van der Waals surface area contributed by atoms with Crippen molar-refractivity contribution in [3.63, 3.8) is 0 Å². The van der Waals surface area contributed by atoms with E-state index in [1.165, 1.54) is 11.0 Å². The third-order valence-corrected chi connectivity index (χ3v) is 4.86. The summed E-state index contributed by atoms with van der Waals surface area (Å²) in [4.78, 5) is 29.9. The van der Waals surface area contributed by atoms with Crippen molar-refractivity contribution < 1.29 is 14.3 Å². The van der Waals surface area contributed by atoms with Crippen molar-refractivity contribution in [1.82, 2.24) is 29.7 Å². The number of nitrogens with zero attached hydrogens (tertiary/aromatic N) is 6. The van der Waals surface area contributed by atoms with Crippen molar-refractivity contribution >= 4 is 34.4 Å². The maximum absolute atomic E-state index is 12.9. The molecule has 4 rings (SSSR count). The topological polar surface area (TPSA) is 117 Å². The van der Waals surface area contributed by atoms with Crippen LogP contribution in [0.15, 0.2) is 49.2 Å². The lowest BCUT2D eigenvalue weighted by Gasteiger charge is -2.18. The predicted octanol–water partition coefficient (Wildman–Crippen LogP) is 2.99. The fourth-order valence-electron chi connectivity index (χ4n) is 2.96. The molecule has 10 nitrogen and oxygen atoms in total.